The number of hydrogen-bond donors (Lipinski definition) is 0. The number of pyridine rings is 1. The lowest BCUT2D eigenvalue weighted by molar-refractivity contribution is -0.197. The Morgan fingerprint density at radius 2 is 1.69 bits per heavy atom. The molecule has 170 valence electrons. The third kappa shape index (κ3) is 5.00. The van der Waals surface area contributed by atoms with Crippen LogP contribution >= 0.6 is 0 Å². The largest absolute Gasteiger partial charge is 0.425 e. The Kier molecular flexibility index (Phi) is 6.42. The second-order valence-corrected chi connectivity index (χ2v) is 8.55. The fraction of sp³-hybridized carbons (Fsp3) is 0.238. The molecule has 0 saturated heterocycles. The van der Waals surface area contributed by atoms with E-state index in [2.05, 4.69) is 9.17 Å². The van der Waals surface area contributed by atoms with Crippen molar-refractivity contribution in [2.45, 2.75) is 24.1 Å². The van der Waals surface area contributed by atoms with Crippen LogP contribution in [0.1, 0.15) is 18.7 Å². The number of hydrogen-bond acceptors (Lipinski definition) is 7. The number of halogens is 3. The van der Waals surface area contributed by atoms with Crippen molar-refractivity contribution in [2.24, 2.45) is 0 Å². The summed E-state index contributed by atoms with van der Waals surface area (Å²) < 4.78 is 76.5. The van der Waals surface area contributed by atoms with E-state index in [4.69, 9.17) is 4.74 Å². The fourth-order valence-corrected chi connectivity index (χ4v) is 4.35. The summed E-state index contributed by atoms with van der Waals surface area (Å²) >= 11 is 0. The molecule has 32 heavy (non-hydrogen) atoms. The van der Waals surface area contributed by atoms with Crippen LogP contribution in [0.4, 0.5) is 18.9 Å². The van der Waals surface area contributed by atoms with Crippen LogP contribution in [0, 0.1) is 0 Å². The van der Waals surface area contributed by atoms with E-state index in [1.807, 2.05) is 0 Å². The second-order valence-electron chi connectivity index (χ2n) is 7.01. The molecule has 0 aliphatic rings. The second kappa shape index (κ2) is 8.75. The molecule has 1 heterocycles. The standard InChI is InChI=1S/C21H19F3N2O5S/c1-13(27)30-14-10-11-17(25-12-14)20(21(22,23)24)31-32(28,29)19-9-5-6-15-16(19)7-4-8-18(15)26(2)3/h4-12,20H,1-3H3. The Bertz CT molecular complexity index is 1240. The zero-order chi connectivity index (χ0) is 23.7. The van der Waals surface area contributed by atoms with Gasteiger partial charge in [-0.15, -0.1) is 0 Å². The minimum Gasteiger partial charge on any atom is -0.425 e. The molecule has 2 aromatic carbocycles. The summed E-state index contributed by atoms with van der Waals surface area (Å²) in [4.78, 5) is 15.9. The Morgan fingerprint density at radius 3 is 2.25 bits per heavy atom. The normalized spacial score (nSPS) is 13.1. The minimum absolute atomic E-state index is 0.0877. The number of esters is 1. The molecule has 0 N–H and O–H groups in total. The first-order valence-electron chi connectivity index (χ1n) is 9.23. The van der Waals surface area contributed by atoms with Crippen LogP contribution in [0.5, 0.6) is 5.75 Å². The quantitative estimate of drug-likeness (QED) is 0.395. The van der Waals surface area contributed by atoms with E-state index in [-0.39, 0.29) is 11.1 Å². The number of anilines is 1. The van der Waals surface area contributed by atoms with Crippen LogP contribution in [-0.2, 0) is 19.1 Å². The first kappa shape index (κ1) is 23.5. The van der Waals surface area contributed by atoms with Crippen LogP contribution in [0.3, 0.4) is 0 Å². The van der Waals surface area contributed by atoms with Gasteiger partial charge in [0.15, 0.2) is 0 Å². The van der Waals surface area contributed by atoms with E-state index >= 15 is 0 Å². The van der Waals surface area contributed by atoms with Crippen LogP contribution in [0.15, 0.2) is 59.6 Å². The SMILES string of the molecule is CC(=O)Oc1ccc(C(OS(=O)(=O)c2cccc3c(N(C)C)cccc23)C(F)(F)F)nc1. The average molecular weight is 468 g/mol. The van der Waals surface area contributed by atoms with Crippen LogP contribution in [-0.4, -0.2) is 39.6 Å². The molecule has 0 amide bonds. The molecule has 7 nitrogen and oxygen atoms in total. The zero-order valence-electron chi connectivity index (χ0n) is 17.3. The maximum Gasteiger partial charge on any atom is 0.421 e. The molecule has 3 rings (SSSR count). The Hall–Kier alpha value is -3.18. The lowest BCUT2D eigenvalue weighted by atomic mass is 10.1. The van der Waals surface area contributed by atoms with Crippen molar-refractivity contribution >= 4 is 32.5 Å². The summed E-state index contributed by atoms with van der Waals surface area (Å²) in [5, 5.41) is 0.757. The van der Waals surface area contributed by atoms with E-state index in [9.17, 15) is 26.4 Å². The number of carbonyl (C=O) groups excluding carboxylic acids is 1. The number of nitrogens with zero attached hydrogens (tertiary/aromatic N) is 2. The predicted molar refractivity (Wildman–Crippen MR) is 111 cm³/mol. The van der Waals surface area contributed by atoms with Gasteiger partial charge in [0.2, 0.25) is 6.10 Å². The summed E-state index contributed by atoms with van der Waals surface area (Å²) in [7, 11) is -1.33. The lowest BCUT2D eigenvalue weighted by Crippen LogP contribution is -2.27. The van der Waals surface area contributed by atoms with Gasteiger partial charge in [0.1, 0.15) is 10.6 Å². The van der Waals surface area contributed by atoms with Gasteiger partial charge >= 0.3 is 12.1 Å². The predicted octanol–water partition coefficient (Wildman–Crippen LogP) is 4.24. The monoisotopic (exact) mass is 468 g/mol. The summed E-state index contributed by atoms with van der Waals surface area (Å²) in [6.07, 6.45) is -7.05. The molecule has 0 aliphatic carbocycles. The van der Waals surface area contributed by atoms with Gasteiger partial charge in [-0.3, -0.25) is 9.78 Å². The lowest BCUT2D eigenvalue weighted by Gasteiger charge is -2.21. The van der Waals surface area contributed by atoms with Gasteiger partial charge in [0, 0.05) is 37.5 Å². The smallest absolute Gasteiger partial charge is 0.421 e. The van der Waals surface area contributed by atoms with Crippen molar-refractivity contribution in [2.75, 3.05) is 19.0 Å². The van der Waals surface area contributed by atoms with Crippen LogP contribution in [0.25, 0.3) is 10.8 Å². The first-order chi connectivity index (χ1) is 14.9. The number of carbonyl (C=O) groups is 1. The minimum atomic E-state index is -5.08. The average Bonchev–Trinajstić information content (AvgIpc) is 2.70. The van der Waals surface area contributed by atoms with Crippen molar-refractivity contribution in [3.63, 3.8) is 0 Å². The summed E-state index contributed by atoms with van der Waals surface area (Å²) in [6.45, 7) is 1.12. The molecule has 0 saturated carbocycles. The highest BCUT2D eigenvalue weighted by atomic mass is 32.2. The van der Waals surface area contributed by atoms with E-state index in [0.29, 0.717) is 11.1 Å². The molecule has 3 aromatic rings. The fourth-order valence-electron chi connectivity index (χ4n) is 3.10. The van der Waals surface area contributed by atoms with Gasteiger partial charge in [-0.1, -0.05) is 24.3 Å². The number of fused-ring (bicyclic) bond motifs is 1. The maximum absolute atomic E-state index is 13.7. The Labute approximate surface area is 182 Å². The molecular weight excluding hydrogens is 449 g/mol. The van der Waals surface area contributed by atoms with Crippen molar-refractivity contribution in [3.05, 3.63) is 60.4 Å². The number of alkyl halides is 3. The molecule has 0 fully saturated rings. The highest BCUT2D eigenvalue weighted by Crippen LogP contribution is 2.39. The molecule has 11 heteroatoms. The summed E-state index contributed by atoms with van der Waals surface area (Å²) in [5.41, 5.74) is -0.0131. The Morgan fingerprint density at radius 1 is 1.03 bits per heavy atom. The van der Waals surface area contributed by atoms with Gasteiger partial charge in [-0.2, -0.15) is 21.6 Å². The van der Waals surface area contributed by atoms with E-state index in [1.54, 1.807) is 37.2 Å². The van der Waals surface area contributed by atoms with Crippen molar-refractivity contribution in [3.8, 4) is 5.75 Å². The summed E-state index contributed by atoms with van der Waals surface area (Å²) in [5.74, 6) is -0.769. The van der Waals surface area contributed by atoms with Crippen molar-refractivity contribution < 1.29 is 35.3 Å². The molecule has 0 aliphatic heterocycles. The molecule has 0 bridgehead atoms. The van der Waals surface area contributed by atoms with E-state index < -0.39 is 39.0 Å². The van der Waals surface area contributed by atoms with Crippen molar-refractivity contribution in [1.82, 2.24) is 4.98 Å². The van der Waals surface area contributed by atoms with E-state index in [0.717, 1.165) is 25.3 Å². The number of aromatic nitrogens is 1. The molecule has 0 spiro atoms. The molecular formula is C21H19F3N2O5S. The highest BCUT2D eigenvalue weighted by molar-refractivity contribution is 7.87. The van der Waals surface area contributed by atoms with Gasteiger partial charge in [0.25, 0.3) is 10.1 Å². The van der Waals surface area contributed by atoms with E-state index in [1.165, 1.54) is 18.2 Å². The number of benzene rings is 2. The topological polar surface area (TPSA) is 85.8 Å². The van der Waals surface area contributed by atoms with Gasteiger partial charge < -0.3 is 9.64 Å². The maximum atomic E-state index is 13.7. The van der Waals surface area contributed by atoms with Gasteiger partial charge in [-0.05, 0) is 24.3 Å². The molecule has 1 aromatic heterocycles. The summed E-state index contributed by atoms with van der Waals surface area (Å²) in [6, 6.07) is 11.1. The molecule has 1 atom stereocenters. The number of ether oxygens (including phenoxy) is 1. The zero-order valence-corrected chi connectivity index (χ0v) is 18.1. The van der Waals surface area contributed by atoms with Crippen molar-refractivity contribution in [1.29, 1.82) is 0 Å². The molecule has 1 unspecified atom stereocenters. The van der Waals surface area contributed by atoms with Gasteiger partial charge in [0.05, 0.1) is 11.9 Å². The van der Waals surface area contributed by atoms with Crippen LogP contribution < -0.4 is 9.64 Å². The third-order valence-electron chi connectivity index (χ3n) is 4.42. The highest BCUT2D eigenvalue weighted by Gasteiger charge is 2.46. The molecule has 0 radical (unpaired) electrons. The first-order valence-corrected chi connectivity index (χ1v) is 10.6. The number of rotatable bonds is 6. The van der Waals surface area contributed by atoms with Crippen LogP contribution in [0.2, 0.25) is 0 Å². The van der Waals surface area contributed by atoms with Gasteiger partial charge in [-0.25, -0.2) is 4.18 Å². The Balaban J connectivity index is 2.04. The third-order valence-corrected chi connectivity index (χ3v) is 5.76.